The van der Waals surface area contributed by atoms with E-state index in [1.54, 1.807) is 6.07 Å². The van der Waals surface area contributed by atoms with Crippen LogP contribution in [-0.4, -0.2) is 33.2 Å². The number of hydrogen-bond donors (Lipinski definition) is 1. The molecule has 140 valence electrons. The number of carbonyl (C=O) groups is 1. The number of rotatable bonds is 5. The minimum atomic E-state index is -3.53. The molecule has 5 nitrogen and oxygen atoms in total. The summed E-state index contributed by atoms with van der Waals surface area (Å²) in [5.41, 5.74) is 2.47. The number of carbonyl (C=O) groups excluding carboxylic acids is 1. The Morgan fingerprint density at radius 3 is 2.32 bits per heavy atom. The number of benzene rings is 1. The van der Waals surface area contributed by atoms with E-state index in [9.17, 15) is 13.2 Å². The third kappa shape index (κ3) is 5.73. The first-order chi connectivity index (χ1) is 11.8. The van der Waals surface area contributed by atoms with Gasteiger partial charge in [0, 0.05) is 6.04 Å². The van der Waals surface area contributed by atoms with Gasteiger partial charge >= 0.3 is 0 Å². The van der Waals surface area contributed by atoms with Gasteiger partial charge in [0.15, 0.2) is 0 Å². The molecule has 0 aliphatic heterocycles. The zero-order valence-corrected chi connectivity index (χ0v) is 16.4. The molecule has 0 saturated heterocycles. The molecule has 25 heavy (non-hydrogen) atoms. The summed E-state index contributed by atoms with van der Waals surface area (Å²) in [4.78, 5) is 12.5. The quantitative estimate of drug-likeness (QED) is 0.869. The topological polar surface area (TPSA) is 66.5 Å². The largest absolute Gasteiger partial charge is 0.352 e. The predicted molar refractivity (Wildman–Crippen MR) is 102 cm³/mol. The second-order valence-corrected chi connectivity index (χ2v) is 9.01. The Balaban J connectivity index is 2.11. The summed E-state index contributed by atoms with van der Waals surface area (Å²) in [5.74, 6) is -0.225. The lowest BCUT2D eigenvalue weighted by molar-refractivity contribution is -0.120. The van der Waals surface area contributed by atoms with Crippen LogP contribution in [-0.2, 0) is 14.8 Å². The van der Waals surface area contributed by atoms with E-state index in [1.807, 2.05) is 26.0 Å². The zero-order valence-electron chi connectivity index (χ0n) is 15.5. The van der Waals surface area contributed by atoms with E-state index in [4.69, 9.17) is 0 Å². The second kappa shape index (κ2) is 8.70. The molecule has 1 aromatic rings. The number of anilines is 1. The zero-order chi connectivity index (χ0) is 18.4. The van der Waals surface area contributed by atoms with Crippen molar-refractivity contribution in [2.45, 2.75) is 64.8 Å². The molecule has 1 aliphatic carbocycles. The van der Waals surface area contributed by atoms with Gasteiger partial charge in [0.2, 0.25) is 15.9 Å². The lowest BCUT2D eigenvalue weighted by Gasteiger charge is -2.26. The van der Waals surface area contributed by atoms with Crippen LogP contribution in [0, 0.1) is 13.8 Å². The maximum atomic E-state index is 12.5. The Labute approximate surface area is 151 Å². The highest BCUT2D eigenvalue weighted by Crippen LogP contribution is 2.25. The van der Waals surface area contributed by atoms with Crippen molar-refractivity contribution in [3.05, 3.63) is 29.3 Å². The van der Waals surface area contributed by atoms with Crippen LogP contribution in [0.25, 0.3) is 0 Å². The molecular formula is C19H30N2O3S. The normalized spacial score (nSPS) is 16.8. The Kier molecular flexibility index (Phi) is 6.87. The van der Waals surface area contributed by atoms with E-state index < -0.39 is 10.0 Å². The Hall–Kier alpha value is -1.56. The highest BCUT2D eigenvalue weighted by molar-refractivity contribution is 7.92. The van der Waals surface area contributed by atoms with E-state index in [1.165, 1.54) is 23.6 Å². The van der Waals surface area contributed by atoms with Gasteiger partial charge in [-0.25, -0.2) is 8.42 Å². The van der Waals surface area contributed by atoms with Crippen molar-refractivity contribution >= 4 is 21.6 Å². The van der Waals surface area contributed by atoms with E-state index in [-0.39, 0.29) is 18.5 Å². The smallest absolute Gasteiger partial charge is 0.240 e. The fourth-order valence-electron chi connectivity index (χ4n) is 3.39. The number of sulfonamides is 1. The van der Waals surface area contributed by atoms with Gasteiger partial charge in [-0.05, 0) is 43.9 Å². The van der Waals surface area contributed by atoms with Crippen molar-refractivity contribution in [2.75, 3.05) is 17.1 Å². The fraction of sp³-hybridized carbons (Fsp3) is 0.632. The fourth-order valence-corrected chi connectivity index (χ4v) is 4.30. The van der Waals surface area contributed by atoms with Crippen molar-refractivity contribution < 1.29 is 13.2 Å². The molecule has 0 atom stereocenters. The average Bonchev–Trinajstić information content (AvgIpc) is 2.49. The monoisotopic (exact) mass is 366 g/mol. The Morgan fingerprint density at radius 1 is 1.12 bits per heavy atom. The molecular weight excluding hydrogens is 336 g/mol. The first kappa shape index (κ1) is 19.8. The molecule has 1 fully saturated rings. The van der Waals surface area contributed by atoms with Crippen LogP contribution < -0.4 is 9.62 Å². The van der Waals surface area contributed by atoms with Crippen LogP contribution in [0.5, 0.6) is 0 Å². The predicted octanol–water partition coefficient (Wildman–Crippen LogP) is 3.30. The minimum Gasteiger partial charge on any atom is -0.352 e. The molecule has 0 aromatic heterocycles. The van der Waals surface area contributed by atoms with Crippen LogP contribution in [0.4, 0.5) is 5.69 Å². The van der Waals surface area contributed by atoms with Crippen LogP contribution in [0.1, 0.15) is 56.1 Å². The van der Waals surface area contributed by atoms with Gasteiger partial charge in [0.05, 0.1) is 11.9 Å². The van der Waals surface area contributed by atoms with Gasteiger partial charge in [-0.1, -0.05) is 44.2 Å². The molecule has 2 rings (SSSR count). The molecule has 1 aromatic carbocycles. The van der Waals surface area contributed by atoms with E-state index in [2.05, 4.69) is 5.32 Å². The number of hydrogen-bond acceptors (Lipinski definition) is 3. The molecule has 1 amide bonds. The van der Waals surface area contributed by atoms with Crippen LogP contribution in [0.15, 0.2) is 18.2 Å². The molecule has 0 spiro atoms. The highest BCUT2D eigenvalue weighted by atomic mass is 32.2. The maximum absolute atomic E-state index is 12.5. The molecule has 1 aliphatic rings. The van der Waals surface area contributed by atoms with Crippen molar-refractivity contribution in [2.24, 2.45) is 0 Å². The Morgan fingerprint density at radius 2 is 1.72 bits per heavy atom. The molecule has 1 N–H and O–H groups in total. The summed E-state index contributed by atoms with van der Waals surface area (Å²) in [6.07, 6.45) is 9.05. The average molecular weight is 367 g/mol. The van der Waals surface area contributed by atoms with Crippen molar-refractivity contribution in [1.29, 1.82) is 0 Å². The molecule has 0 radical (unpaired) electrons. The summed E-state index contributed by atoms with van der Waals surface area (Å²) in [7, 11) is -3.53. The number of nitrogens with zero attached hydrogens (tertiary/aromatic N) is 1. The van der Waals surface area contributed by atoms with Crippen molar-refractivity contribution in [3.63, 3.8) is 0 Å². The summed E-state index contributed by atoms with van der Waals surface area (Å²) in [6, 6.07) is 5.68. The summed E-state index contributed by atoms with van der Waals surface area (Å²) in [5, 5.41) is 3.05. The molecule has 0 unspecified atom stereocenters. The summed E-state index contributed by atoms with van der Waals surface area (Å²) >= 11 is 0. The number of nitrogens with one attached hydrogen (secondary N) is 1. The summed E-state index contributed by atoms with van der Waals surface area (Å²) < 4.78 is 25.8. The van der Waals surface area contributed by atoms with Gasteiger partial charge in [0.25, 0.3) is 0 Å². The number of aryl methyl sites for hydroxylation is 1. The van der Waals surface area contributed by atoms with Crippen LogP contribution in [0.3, 0.4) is 0 Å². The van der Waals surface area contributed by atoms with Crippen LogP contribution in [0.2, 0.25) is 0 Å². The highest BCUT2D eigenvalue weighted by Gasteiger charge is 2.24. The van der Waals surface area contributed by atoms with E-state index in [0.717, 1.165) is 43.1 Å². The molecule has 0 heterocycles. The van der Waals surface area contributed by atoms with Crippen LogP contribution >= 0.6 is 0 Å². The molecule has 6 heteroatoms. The SMILES string of the molecule is Cc1cccc(N(CC(=O)NC2CCCCCCC2)S(C)(=O)=O)c1C. The second-order valence-electron chi connectivity index (χ2n) is 7.10. The van der Waals surface area contributed by atoms with E-state index in [0.29, 0.717) is 5.69 Å². The number of amides is 1. The lowest BCUT2D eigenvalue weighted by Crippen LogP contribution is -2.44. The van der Waals surface area contributed by atoms with Gasteiger partial charge in [-0.2, -0.15) is 0 Å². The third-order valence-corrected chi connectivity index (χ3v) is 6.13. The Bertz CT molecular complexity index is 693. The summed E-state index contributed by atoms with van der Waals surface area (Å²) in [6.45, 7) is 3.66. The maximum Gasteiger partial charge on any atom is 0.240 e. The van der Waals surface area contributed by atoms with Gasteiger partial charge in [0.1, 0.15) is 6.54 Å². The standard InChI is InChI=1S/C19H30N2O3S/c1-15-10-9-13-18(16(15)2)21(25(3,23)24)14-19(22)20-17-11-7-5-4-6-8-12-17/h9-10,13,17H,4-8,11-12,14H2,1-3H3,(H,20,22). The third-order valence-electron chi connectivity index (χ3n) is 5.00. The lowest BCUT2D eigenvalue weighted by atomic mass is 9.97. The van der Waals surface area contributed by atoms with Crippen molar-refractivity contribution in [3.8, 4) is 0 Å². The minimum absolute atomic E-state index is 0.160. The molecule has 0 bridgehead atoms. The van der Waals surface area contributed by atoms with E-state index >= 15 is 0 Å². The first-order valence-corrected chi connectivity index (χ1v) is 11.0. The van der Waals surface area contributed by atoms with Gasteiger partial charge in [-0.3, -0.25) is 9.10 Å². The van der Waals surface area contributed by atoms with Gasteiger partial charge < -0.3 is 5.32 Å². The molecule has 1 saturated carbocycles. The van der Waals surface area contributed by atoms with Gasteiger partial charge in [-0.15, -0.1) is 0 Å². The first-order valence-electron chi connectivity index (χ1n) is 9.12. The van der Waals surface area contributed by atoms with Crippen molar-refractivity contribution in [1.82, 2.24) is 5.32 Å².